The van der Waals surface area contributed by atoms with Crippen molar-refractivity contribution in [1.82, 2.24) is 5.32 Å². The summed E-state index contributed by atoms with van der Waals surface area (Å²) in [5.74, 6) is 3.88. The van der Waals surface area contributed by atoms with Crippen LogP contribution in [0.3, 0.4) is 0 Å². The van der Waals surface area contributed by atoms with Crippen LogP contribution in [0.1, 0.15) is 79.1 Å². The molecule has 0 aliphatic heterocycles. The van der Waals surface area contributed by atoms with Gasteiger partial charge in [0.15, 0.2) is 0 Å². The molecule has 0 saturated heterocycles. The van der Waals surface area contributed by atoms with Gasteiger partial charge >= 0.3 is 0 Å². The highest BCUT2D eigenvalue weighted by Gasteiger charge is 2.32. The summed E-state index contributed by atoms with van der Waals surface area (Å²) in [7, 11) is 0. The molecule has 0 aromatic rings. The lowest BCUT2D eigenvalue weighted by atomic mass is 9.67. The molecule has 1 aliphatic carbocycles. The standard InChI is InChI=1S/C18H37N/c1-5-8-15(4)18-13-16(9-6-2)10-11-17(18)14-19-12-7-3/h15-19H,5-14H2,1-4H3. The van der Waals surface area contributed by atoms with Gasteiger partial charge in [-0.2, -0.15) is 0 Å². The number of hydrogen-bond donors (Lipinski definition) is 1. The lowest BCUT2D eigenvalue weighted by molar-refractivity contribution is 0.116. The molecular formula is C18H37N. The van der Waals surface area contributed by atoms with Gasteiger partial charge in [-0.1, -0.05) is 59.8 Å². The molecule has 1 N–H and O–H groups in total. The average Bonchev–Trinajstić information content (AvgIpc) is 2.41. The molecule has 4 atom stereocenters. The number of hydrogen-bond acceptors (Lipinski definition) is 1. The summed E-state index contributed by atoms with van der Waals surface area (Å²) in [6, 6.07) is 0. The van der Waals surface area contributed by atoms with Gasteiger partial charge in [0.2, 0.25) is 0 Å². The van der Waals surface area contributed by atoms with Crippen LogP contribution in [0.2, 0.25) is 0 Å². The van der Waals surface area contributed by atoms with Gasteiger partial charge in [0.1, 0.15) is 0 Å². The van der Waals surface area contributed by atoms with Gasteiger partial charge in [-0.05, 0) is 56.0 Å². The van der Waals surface area contributed by atoms with Gasteiger partial charge < -0.3 is 5.32 Å². The van der Waals surface area contributed by atoms with E-state index in [0.717, 1.165) is 23.7 Å². The van der Waals surface area contributed by atoms with E-state index in [2.05, 4.69) is 33.0 Å². The Hall–Kier alpha value is -0.0400. The van der Waals surface area contributed by atoms with Crippen LogP contribution in [0, 0.1) is 23.7 Å². The van der Waals surface area contributed by atoms with E-state index in [-0.39, 0.29) is 0 Å². The van der Waals surface area contributed by atoms with Gasteiger partial charge in [-0.15, -0.1) is 0 Å². The second kappa shape index (κ2) is 9.80. The Morgan fingerprint density at radius 3 is 2.47 bits per heavy atom. The van der Waals surface area contributed by atoms with E-state index >= 15 is 0 Å². The summed E-state index contributed by atoms with van der Waals surface area (Å²) in [5.41, 5.74) is 0. The molecule has 1 fully saturated rings. The van der Waals surface area contributed by atoms with Crippen LogP contribution in [0.15, 0.2) is 0 Å². The molecule has 0 spiro atoms. The Morgan fingerprint density at radius 1 is 1.05 bits per heavy atom. The fraction of sp³-hybridized carbons (Fsp3) is 1.00. The molecule has 19 heavy (non-hydrogen) atoms. The molecule has 1 rings (SSSR count). The highest BCUT2D eigenvalue weighted by molar-refractivity contribution is 4.84. The maximum Gasteiger partial charge on any atom is -0.00178 e. The maximum absolute atomic E-state index is 3.68. The van der Waals surface area contributed by atoms with Crippen molar-refractivity contribution in [3.05, 3.63) is 0 Å². The predicted molar refractivity (Wildman–Crippen MR) is 86.5 cm³/mol. The minimum absolute atomic E-state index is 0.929. The van der Waals surface area contributed by atoms with Crippen LogP contribution in [-0.4, -0.2) is 13.1 Å². The second-order valence-electron chi connectivity index (χ2n) is 6.86. The zero-order valence-corrected chi connectivity index (χ0v) is 13.9. The first-order valence-corrected chi connectivity index (χ1v) is 8.93. The molecular weight excluding hydrogens is 230 g/mol. The predicted octanol–water partition coefficient (Wildman–Crippen LogP) is 5.25. The lowest BCUT2D eigenvalue weighted by Crippen LogP contribution is -2.36. The normalized spacial score (nSPS) is 29.4. The average molecular weight is 268 g/mol. The summed E-state index contributed by atoms with van der Waals surface area (Å²) in [4.78, 5) is 0. The van der Waals surface area contributed by atoms with Gasteiger partial charge in [0.25, 0.3) is 0 Å². The van der Waals surface area contributed by atoms with Crippen LogP contribution >= 0.6 is 0 Å². The molecule has 0 aromatic heterocycles. The minimum atomic E-state index is 0.929. The summed E-state index contributed by atoms with van der Waals surface area (Å²) < 4.78 is 0. The smallest absolute Gasteiger partial charge is 0.00178 e. The second-order valence-corrected chi connectivity index (χ2v) is 6.86. The molecule has 0 amide bonds. The molecule has 0 bridgehead atoms. The van der Waals surface area contributed by atoms with Crippen LogP contribution in [0.4, 0.5) is 0 Å². The lowest BCUT2D eigenvalue weighted by Gasteiger charge is -2.40. The van der Waals surface area contributed by atoms with Gasteiger partial charge in [-0.25, -0.2) is 0 Å². The maximum atomic E-state index is 3.68. The molecule has 1 heteroatoms. The van der Waals surface area contributed by atoms with Crippen molar-refractivity contribution in [2.75, 3.05) is 13.1 Å². The highest BCUT2D eigenvalue weighted by atomic mass is 14.9. The first-order chi connectivity index (χ1) is 9.22. The van der Waals surface area contributed by atoms with Crippen molar-refractivity contribution >= 4 is 0 Å². The third kappa shape index (κ3) is 5.85. The Balaban J connectivity index is 2.51. The Kier molecular flexibility index (Phi) is 8.77. The van der Waals surface area contributed by atoms with Crippen molar-refractivity contribution in [3.63, 3.8) is 0 Å². The van der Waals surface area contributed by atoms with Gasteiger partial charge in [0, 0.05) is 0 Å². The topological polar surface area (TPSA) is 12.0 Å². The first kappa shape index (κ1) is 17.0. The molecule has 0 heterocycles. The molecule has 114 valence electrons. The highest BCUT2D eigenvalue weighted by Crippen LogP contribution is 2.41. The number of rotatable bonds is 9. The van der Waals surface area contributed by atoms with Crippen molar-refractivity contribution in [2.45, 2.75) is 79.1 Å². The van der Waals surface area contributed by atoms with Gasteiger partial charge in [-0.3, -0.25) is 0 Å². The van der Waals surface area contributed by atoms with E-state index in [0.29, 0.717) is 0 Å². The fourth-order valence-corrected chi connectivity index (χ4v) is 4.11. The van der Waals surface area contributed by atoms with Crippen molar-refractivity contribution in [3.8, 4) is 0 Å². The van der Waals surface area contributed by atoms with Crippen molar-refractivity contribution in [2.24, 2.45) is 23.7 Å². The van der Waals surface area contributed by atoms with Crippen LogP contribution in [0.5, 0.6) is 0 Å². The molecule has 0 aromatic carbocycles. The quantitative estimate of drug-likeness (QED) is 0.562. The zero-order valence-electron chi connectivity index (χ0n) is 13.9. The summed E-state index contributed by atoms with van der Waals surface area (Å²) in [6.07, 6.45) is 11.3. The molecule has 4 unspecified atom stereocenters. The van der Waals surface area contributed by atoms with E-state index in [1.807, 2.05) is 0 Å². The Labute approximate surface area is 121 Å². The summed E-state index contributed by atoms with van der Waals surface area (Å²) >= 11 is 0. The fourth-order valence-electron chi connectivity index (χ4n) is 4.11. The molecule has 1 aliphatic rings. The van der Waals surface area contributed by atoms with Crippen LogP contribution < -0.4 is 5.32 Å². The van der Waals surface area contributed by atoms with Crippen LogP contribution in [-0.2, 0) is 0 Å². The third-order valence-electron chi connectivity index (χ3n) is 5.16. The Bertz CT molecular complexity index is 214. The monoisotopic (exact) mass is 267 g/mol. The third-order valence-corrected chi connectivity index (χ3v) is 5.16. The molecule has 1 saturated carbocycles. The summed E-state index contributed by atoms with van der Waals surface area (Å²) in [6.45, 7) is 11.9. The Morgan fingerprint density at radius 2 is 1.84 bits per heavy atom. The van der Waals surface area contributed by atoms with E-state index in [9.17, 15) is 0 Å². The van der Waals surface area contributed by atoms with Crippen LogP contribution in [0.25, 0.3) is 0 Å². The zero-order chi connectivity index (χ0) is 14.1. The minimum Gasteiger partial charge on any atom is -0.316 e. The number of nitrogens with one attached hydrogen (secondary N) is 1. The molecule has 1 nitrogen and oxygen atoms in total. The molecule has 0 radical (unpaired) electrons. The van der Waals surface area contributed by atoms with E-state index in [4.69, 9.17) is 0 Å². The summed E-state index contributed by atoms with van der Waals surface area (Å²) in [5, 5.41) is 3.68. The van der Waals surface area contributed by atoms with E-state index in [1.165, 1.54) is 64.5 Å². The van der Waals surface area contributed by atoms with Crippen molar-refractivity contribution in [1.29, 1.82) is 0 Å². The van der Waals surface area contributed by atoms with Gasteiger partial charge in [0.05, 0.1) is 0 Å². The van der Waals surface area contributed by atoms with Crippen molar-refractivity contribution < 1.29 is 0 Å². The van der Waals surface area contributed by atoms with E-state index < -0.39 is 0 Å². The first-order valence-electron chi connectivity index (χ1n) is 8.93. The SMILES string of the molecule is CCCNCC1CCC(CCC)CC1C(C)CCC. The van der Waals surface area contributed by atoms with E-state index in [1.54, 1.807) is 0 Å². The largest absolute Gasteiger partial charge is 0.316 e.